The van der Waals surface area contributed by atoms with Crippen LogP contribution in [0.3, 0.4) is 0 Å². The molecule has 62 valence electrons. The molecule has 0 aromatic rings. The van der Waals surface area contributed by atoms with Crippen molar-refractivity contribution in [2.75, 3.05) is 14.1 Å². The number of carbonyl (C=O) groups is 2. The molecular weight excluding hydrogens is 148 g/mol. The van der Waals surface area contributed by atoms with Crippen molar-refractivity contribution in [3.63, 3.8) is 0 Å². The zero-order valence-electron chi connectivity index (χ0n) is 6.53. The molecule has 5 heteroatoms. The predicted molar refractivity (Wildman–Crippen MR) is 35.9 cm³/mol. The zero-order chi connectivity index (χ0) is 8.43. The number of hydroxylamine groups is 4. The van der Waals surface area contributed by atoms with Crippen LogP contribution in [-0.2, 0) is 14.5 Å². The predicted octanol–water partition coefficient (Wildman–Crippen LogP) is -0.456. The monoisotopic (exact) mass is 158 g/mol. The van der Waals surface area contributed by atoms with Gasteiger partial charge in [0.1, 0.15) is 0 Å². The van der Waals surface area contributed by atoms with E-state index in [-0.39, 0.29) is 24.7 Å². The maximum absolute atomic E-state index is 10.9. The molecule has 0 saturated carbocycles. The average molecular weight is 158 g/mol. The maximum Gasteiger partial charge on any atom is 0.255 e. The van der Waals surface area contributed by atoms with Crippen molar-refractivity contribution in [3.05, 3.63) is 0 Å². The fourth-order valence-corrected chi connectivity index (χ4v) is 0.810. The van der Waals surface area contributed by atoms with Gasteiger partial charge in [-0.3, -0.25) is 9.59 Å². The summed E-state index contributed by atoms with van der Waals surface area (Å²) in [6.07, 6.45) is 0.513. The van der Waals surface area contributed by atoms with E-state index in [1.807, 2.05) is 0 Å². The summed E-state index contributed by atoms with van der Waals surface area (Å²) in [7, 11) is 3.22. The van der Waals surface area contributed by atoms with Crippen LogP contribution < -0.4 is 0 Å². The minimum atomic E-state index is -0.274. The number of nitrogens with zero attached hydrogens (tertiary/aromatic N) is 2. The van der Waals surface area contributed by atoms with Crippen molar-refractivity contribution in [1.29, 1.82) is 0 Å². The average Bonchev–Trinajstić information content (AvgIpc) is 2.18. The normalized spacial score (nSPS) is 18.6. The summed E-state index contributed by atoms with van der Waals surface area (Å²) < 4.78 is 0. The first-order chi connectivity index (χ1) is 5.11. The van der Waals surface area contributed by atoms with Gasteiger partial charge in [-0.15, -0.1) is 5.06 Å². The Morgan fingerprint density at radius 3 is 2.09 bits per heavy atom. The second kappa shape index (κ2) is 2.98. The summed E-state index contributed by atoms with van der Waals surface area (Å²) in [5.41, 5.74) is 0. The van der Waals surface area contributed by atoms with E-state index in [2.05, 4.69) is 0 Å². The summed E-state index contributed by atoms with van der Waals surface area (Å²) in [6.45, 7) is 0. The van der Waals surface area contributed by atoms with Crippen LogP contribution in [0.1, 0.15) is 12.8 Å². The van der Waals surface area contributed by atoms with Gasteiger partial charge in [0.25, 0.3) is 11.8 Å². The molecule has 11 heavy (non-hydrogen) atoms. The van der Waals surface area contributed by atoms with Crippen LogP contribution in [0.25, 0.3) is 0 Å². The zero-order valence-corrected chi connectivity index (χ0v) is 6.53. The minimum Gasteiger partial charge on any atom is -0.272 e. The lowest BCUT2D eigenvalue weighted by Gasteiger charge is -2.16. The molecule has 5 nitrogen and oxygen atoms in total. The number of rotatable bonds is 2. The Morgan fingerprint density at radius 1 is 1.27 bits per heavy atom. The van der Waals surface area contributed by atoms with Crippen LogP contribution in [0.2, 0.25) is 0 Å². The van der Waals surface area contributed by atoms with E-state index >= 15 is 0 Å². The van der Waals surface area contributed by atoms with E-state index in [9.17, 15) is 9.59 Å². The molecule has 1 aliphatic rings. The molecule has 0 spiro atoms. The standard InChI is InChI=1S/C6H10N2O3/c1-7(2)11-8-5(9)3-4-6(8)10/h3-4H2,1-2H3. The highest BCUT2D eigenvalue weighted by atomic mass is 16.8. The molecule has 1 saturated heterocycles. The van der Waals surface area contributed by atoms with E-state index in [0.717, 1.165) is 5.06 Å². The molecule has 0 N–H and O–H groups in total. The Balaban J connectivity index is 2.55. The fourth-order valence-electron chi connectivity index (χ4n) is 0.810. The number of amides is 2. The van der Waals surface area contributed by atoms with Crippen molar-refractivity contribution in [2.45, 2.75) is 12.8 Å². The van der Waals surface area contributed by atoms with Gasteiger partial charge in [-0.05, 0) is 0 Å². The van der Waals surface area contributed by atoms with Crippen molar-refractivity contribution < 1.29 is 14.5 Å². The van der Waals surface area contributed by atoms with Crippen LogP contribution in [0.4, 0.5) is 0 Å². The molecule has 1 heterocycles. The van der Waals surface area contributed by atoms with Gasteiger partial charge in [0.2, 0.25) is 0 Å². The highest BCUT2D eigenvalue weighted by Gasteiger charge is 2.30. The van der Waals surface area contributed by atoms with Gasteiger partial charge < -0.3 is 0 Å². The molecule has 0 aliphatic carbocycles. The van der Waals surface area contributed by atoms with Crippen molar-refractivity contribution in [3.8, 4) is 0 Å². The van der Waals surface area contributed by atoms with Crippen molar-refractivity contribution >= 4 is 11.8 Å². The molecule has 0 atom stereocenters. The van der Waals surface area contributed by atoms with Gasteiger partial charge >= 0.3 is 0 Å². The van der Waals surface area contributed by atoms with E-state index in [1.54, 1.807) is 14.1 Å². The number of hydrogen-bond acceptors (Lipinski definition) is 4. The van der Waals surface area contributed by atoms with Crippen LogP contribution >= 0.6 is 0 Å². The third-order valence-corrected chi connectivity index (χ3v) is 1.25. The summed E-state index contributed by atoms with van der Waals surface area (Å²) >= 11 is 0. The van der Waals surface area contributed by atoms with E-state index in [1.165, 1.54) is 5.06 Å². The van der Waals surface area contributed by atoms with Crippen LogP contribution in [-0.4, -0.2) is 36.0 Å². The SMILES string of the molecule is CN(C)ON1C(=O)CCC1=O. The molecule has 1 fully saturated rings. The van der Waals surface area contributed by atoms with Gasteiger partial charge in [0.15, 0.2) is 0 Å². The van der Waals surface area contributed by atoms with Crippen LogP contribution in [0.15, 0.2) is 0 Å². The minimum absolute atomic E-state index is 0.257. The van der Waals surface area contributed by atoms with Gasteiger partial charge in [-0.1, -0.05) is 0 Å². The smallest absolute Gasteiger partial charge is 0.255 e. The molecule has 1 rings (SSSR count). The first-order valence-electron chi connectivity index (χ1n) is 3.32. The van der Waals surface area contributed by atoms with Gasteiger partial charge in [0.05, 0.1) is 0 Å². The van der Waals surface area contributed by atoms with E-state index in [4.69, 9.17) is 4.94 Å². The lowest BCUT2D eigenvalue weighted by Crippen LogP contribution is -2.34. The molecule has 0 bridgehead atoms. The Bertz CT molecular complexity index is 174. The van der Waals surface area contributed by atoms with Crippen LogP contribution in [0.5, 0.6) is 0 Å². The number of carbonyl (C=O) groups excluding carboxylic acids is 2. The Hall–Kier alpha value is -0.940. The fraction of sp³-hybridized carbons (Fsp3) is 0.667. The van der Waals surface area contributed by atoms with E-state index < -0.39 is 0 Å². The summed E-state index contributed by atoms with van der Waals surface area (Å²) in [5.74, 6) is -0.549. The Morgan fingerprint density at radius 2 is 1.73 bits per heavy atom. The maximum atomic E-state index is 10.9. The highest BCUT2D eigenvalue weighted by molar-refractivity contribution is 6.00. The first-order valence-corrected chi connectivity index (χ1v) is 3.32. The molecule has 0 aromatic heterocycles. The van der Waals surface area contributed by atoms with E-state index in [0.29, 0.717) is 0 Å². The largest absolute Gasteiger partial charge is 0.272 e. The first kappa shape index (κ1) is 8.16. The number of imide groups is 1. The second-order valence-electron chi connectivity index (χ2n) is 2.48. The third kappa shape index (κ3) is 1.75. The summed E-state index contributed by atoms with van der Waals surface area (Å²) in [6, 6.07) is 0. The highest BCUT2D eigenvalue weighted by Crippen LogP contribution is 2.11. The second-order valence-corrected chi connectivity index (χ2v) is 2.48. The molecule has 2 amide bonds. The Labute approximate surface area is 64.4 Å². The summed E-state index contributed by atoms with van der Waals surface area (Å²) in [5, 5.41) is 2.10. The van der Waals surface area contributed by atoms with Crippen molar-refractivity contribution in [1.82, 2.24) is 10.1 Å². The van der Waals surface area contributed by atoms with Crippen molar-refractivity contribution in [2.24, 2.45) is 0 Å². The quantitative estimate of drug-likeness (QED) is 0.403. The topological polar surface area (TPSA) is 49.9 Å². The number of hydrogen-bond donors (Lipinski definition) is 0. The lowest BCUT2D eigenvalue weighted by atomic mass is 10.4. The molecule has 1 aliphatic heterocycles. The van der Waals surface area contributed by atoms with Crippen LogP contribution in [0, 0.1) is 0 Å². The third-order valence-electron chi connectivity index (χ3n) is 1.25. The lowest BCUT2D eigenvalue weighted by molar-refractivity contribution is -0.274. The van der Waals surface area contributed by atoms with Gasteiger partial charge in [-0.2, -0.15) is 10.0 Å². The molecule has 0 radical (unpaired) electrons. The molecular formula is C6H10N2O3. The molecule has 0 aromatic carbocycles. The molecule has 0 unspecified atom stereocenters. The van der Waals surface area contributed by atoms with Gasteiger partial charge in [0, 0.05) is 26.9 Å². The Kier molecular flexibility index (Phi) is 2.21. The van der Waals surface area contributed by atoms with Gasteiger partial charge in [-0.25, -0.2) is 0 Å². The summed E-state index contributed by atoms with van der Waals surface area (Å²) in [4.78, 5) is 26.6.